The zero-order valence-electron chi connectivity index (χ0n) is 14.1. The Bertz CT molecular complexity index is 659. The van der Waals surface area contributed by atoms with Gasteiger partial charge in [0.25, 0.3) is 0 Å². The van der Waals surface area contributed by atoms with Gasteiger partial charge >= 0.3 is 12.0 Å². The van der Waals surface area contributed by atoms with Crippen molar-refractivity contribution in [3.63, 3.8) is 0 Å². The van der Waals surface area contributed by atoms with Crippen LogP contribution in [0.1, 0.15) is 25.8 Å². The number of carboxylic acids is 1. The summed E-state index contributed by atoms with van der Waals surface area (Å²) in [5, 5.41) is 14.7. The largest absolute Gasteiger partial charge is 0.481 e. The van der Waals surface area contributed by atoms with Gasteiger partial charge in [0.2, 0.25) is 5.91 Å². The van der Waals surface area contributed by atoms with Gasteiger partial charge in [-0.05, 0) is 37.0 Å². The van der Waals surface area contributed by atoms with E-state index in [1.54, 1.807) is 18.2 Å². The number of carboxylic acid groups (broad SMARTS) is 1. The molecule has 0 radical (unpaired) electrons. The summed E-state index contributed by atoms with van der Waals surface area (Å²) in [5.41, 5.74) is 2.05. The molecule has 3 amide bonds. The Morgan fingerprint density at radius 3 is 2.54 bits per heavy atom. The number of carbonyl (C=O) groups is 3. The van der Waals surface area contributed by atoms with Crippen LogP contribution in [0.15, 0.2) is 18.2 Å². The van der Waals surface area contributed by atoms with Crippen LogP contribution >= 0.6 is 0 Å². The highest BCUT2D eigenvalue weighted by Crippen LogP contribution is 2.24. The van der Waals surface area contributed by atoms with Gasteiger partial charge in [0.05, 0.1) is 5.92 Å². The second-order valence-corrected chi connectivity index (χ2v) is 6.42. The maximum absolute atomic E-state index is 12.5. The van der Waals surface area contributed by atoms with Crippen LogP contribution in [-0.4, -0.2) is 41.0 Å². The number of hydrogen-bond acceptors (Lipinski definition) is 3. The number of nitrogens with one attached hydrogen (secondary N) is 2. The van der Waals surface area contributed by atoms with Gasteiger partial charge in [-0.15, -0.1) is 0 Å². The van der Waals surface area contributed by atoms with Gasteiger partial charge in [0, 0.05) is 31.4 Å². The zero-order chi connectivity index (χ0) is 17.9. The smallest absolute Gasteiger partial charge is 0.321 e. The van der Waals surface area contributed by atoms with E-state index < -0.39 is 11.9 Å². The van der Waals surface area contributed by atoms with Crippen molar-refractivity contribution in [2.75, 3.05) is 23.7 Å². The number of aryl methyl sites for hydroxylation is 1. The Labute approximate surface area is 141 Å². The van der Waals surface area contributed by atoms with Crippen molar-refractivity contribution >= 4 is 29.3 Å². The number of piperidine rings is 1. The summed E-state index contributed by atoms with van der Waals surface area (Å²) in [6.45, 7) is 5.94. The summed E-state index contributed by atoms with van der Waals surface area (Å²) in [6.07, 6.45) is 0.580. The third-order valence-electron chi connectivity index (χ3n) is 4.10. The van der Waals surface area contributed by atoms with Gasteiger partial charge in [-0.2, -0.15) is 0 Å². The number of aliphatic carboxylic acids is 1. The summed E-state index contributed by atoms with van der Waals surface area (Å²) in [6, 6.07) is 4.93. The zero-order valence-corrected chi connectivity index (χ0v) is 14.1. The maximum atomic E-state index is 12.5. The molecular formula is C17H23N3O4. The average molecular weight is 333 g/mol. The summed E-state index contributed by atoms with van der Waals surface area (Å²) < 4.78 is 0. The Kier molecular flexibility index (Phi) is 5.43. The highest BCUT2D eigenvalue weighted by atomic mass is 16.4. The minimum atomic E-state index is -0.872. The van der Waals surface area contributed by atoms with E-state index in [9.17, 15) is 19.5 Å². The van der Waals surface area contributed by atoms with E-state index in [2.05, 4.69) is 10.6 Å². The lowest BCUT2D eigenvalue weighted by Gasteiger charge is -2.34. The fraction of sp³-hybridized carbons (Fsp3) is 0.471. The van der Waals surface area contributed by atoms with Gasteiger partial charge in [0.1, 0.15) is 0 Å². The number of amides is 3. The van der Waals surface area contributed by atoms with Crippen molar-refractivity contribution in [3.8, 4) is 0 Å². The van der Waals surface area contributed by atoms with Crippen LogP contribution in [0, 0.1) is 18.8 Å². The first-order valence-corrected chi connectivity index (χ1v) is 7.93. The minimum absolute atomic E-state index is 0.136. The predicted octanol–water partition coefficient (Wildman–Crippen LogP) is 2.53. The van der Waals surface area contributed by atoms with E-state index in [0.29, 0.717) is 24.3 Å². The monoisotopic (exact) mass is 333 g/mol. The molecule has 7 heteroatoms. The molecule has 3 N–H and O–H groups in total. The highest BCUT2D eigenvalue weighted by Gasteiger charge is 2.32. The molecule has 1 aliphatic heterocycles. The summed E-state index contributed by atoms with van der Waals surface area (Å²) in [4.78, 5) is 36.4. The van der Waals surface area contributed by atoms with E-state index >= 15 is 0 Å². The van der Waals surface area contributed by atoms with Crippen molar-refractivity contribution < 1.29 is 19.5 Å². The van der Waals surface area contributed by atoms with Crippen LogP contribution in [0.25, 0.3) is 0 Å². The number of anilines is 2. The molecule has 2 atom stereocenters. The number of nitrogens with zero attached hydrogens (tertiary/aromatic N) is 1. The van der Waals surface area contributed by atoms with Crippen molar-refractivity contribution in [1.82, 2.24) is 4.90 Å². The molecule has 1 aromatic carbocycles. The van der Waals surface area contributed by atoms with E-state index in [4.69, 9.17) is 0 Å². The number of hydrogen-bond donors (Lipinski definition) is 3. The quantitative estimate of drug-likeness (QED) is 0.791. The fourth-order valence-electron chi connectivity index (χ4n) is 2.93. The van der Waals surface area contributed by atoms with E-state index in [1.165, 1.54) is 11.8 Å². The average Bonchev–Trinajstić information content (AvgIpc) is 2.49. The van der Waals surface area contributed by atoms with E-state index in [1.807, 2.05) is 13.8 Å². The fourth-order valence-corrected chi connectivity index (χ4v) is 2.93. The Balaban J connectivity index is 2.11. The van der Waals surface area contributed by atoms with Crippen molar-refractivity contribution in [3.05, 3.63) is 23.8 Å². The molecule has 1 heterocycles. The molecular weight excluding hydrogens is 310 g/mol. The lowest BCUT2D eigenvalue weighted by molar-refractivity contribution is -0.143. The lowest BCUT2D eigenvalue weighted by Crippen LogP contribution is -2.47. The molecule has 0 saturated carbocycles. The number of benzene rings is 1. The van der Waals surface area contributed by atoms with Crippen molar-refractivity contribution in [2.24, 2.45) is 11.8 Å². The van der Waals surface area contributed by atoms with Gasteiger partial charge in [0.15, 0.2) is 0 Å². The first-order chi connectivity index (χ1) is 11.3. The lowest BCUT2D eigenvalue weighted by atomic mass is 9.91. The Hall–Kier alpha value is -2.57. The molecule has 1 aliphatic rings. The number of rotatable bonds is 3. The minimum Gasteiger partial charge on any atom is -0.481 e. The normalized spacial score (nSPS) is 20.4. The SMILES string of the molecule is CC(=O)Nc1ccc(C)c(NC(=O)N2CC(C)CC(C(=O)O)C2)c1. The van der Waals surface area contributed by atoms with Gasteiger partial charge in [-0.25, -0.2) is 4.79 Å². The van der Waals surface area contributed by atoms with Gasteiger partial charge in [-0.3, -0.25) is 9.59 Å². The third kappa shape index (κ3) is 4.47. The van der Waals surface area contributed by atoms with Crippen LogP contribution in [0.5, 0.6) is 0 Å². The molecule has 0 bridgehead atoms. The van der Waals surface area contributed by atoms with Gasteiger partial charge in [-0.1, -0.05) is 13.0 Å². The molecule has 7 nitrogen and oxygen atoms in total. The first kappa shape index (κ1) is 17.8. The third-order valence-corrected chi connectivity index (χ3v) is 4.10. The van der Waals surface area contributed by atoms with Crippen LogP contribution < -0.4 is 10.6 Å². The van der Waals surface area contributed by atoms with Gasteiger partial charge < -0.3 is 20.6 Å². The molecule has 130 valence electrons. The standard InChI is InChI=1S/C17H23N3O4/c1-10-6-13(16(22)23)9-20(8-10)17(24)19-15-7-14(18-12(3)21)5-4-11(15)2/h4-5,7,10,13H,6,8-9H2,1-3H3,(H,18,21)(H,19,24)(H,22,23). The molecule has 1 aromatic rings. The van der Waals surface area contributed by atoms with Crippen molar-refractivity contribution in [1.29, 1.82) is 0 Å². The highest BCUT2D eigenvalue weighted by molar-refractivity contribution is 5.93. The Morgan fingerprint density at radius 1 is 1.21 bits per heavy atom. The van der Waals surface area contributed by atoms with E-state index in [0.717, 1.165) is 5.56 Å². The predicted molar refractivity (Wildman–Crippen MR) is 91.0 cm³/mol. The molecule has 1 fully saturated rings. The van der Waals surface area contributed by atoms with Crippen LogP contribution in [0.3, 0.4) is 0 Å². The number of urea groups is 1. The molecule has 24 heavy (non-hydrogen) atoms. The molecule has 1 saturated heterocycles. The number of likely N-dealkylation sites (tertiary alicyclic amines) is 1. The summed E-state index contributed by atoms with van der Waals surface area (Å²) in [5.74, 6) is -1.46. The van der Waals surface area contributed by atoms with Crippen molar-refractivity contribution in [2.45, 2.75) is 27.2 Å². The van der Waals surface area contributed by atoms with Crippen LogP contribution in [-0.2, 0) is 9.59 Å². The summed E-state index contributed by atoms with van der Waals surface area (Å²) in [7, 11) is 0. The molecule has 0 aromatic heterocycles. The van der Waals surface area contributed by atoms with Crippen LogP contribution in [0.2, 0.25) is 0 Å². The summed E-state index contributed by atoms with van der Waals surface area (Å²) >= 11 is 0. The number of carbonyl (C=O) groups excluding carboxylic acids is 2. The van der Waals surface area contributed by atoms with Crippen LogP contribution in [0.4, 0.5) is 16.2 Å². The topological polar surface area (TPSA) is 98.7 Å². The maximum Gasteiger partial charge on any atom is 0.321 e. The Morgan fingerprint density at radius 2 is 1.92 bits per heavy atom. The molecule has 2 rings (SSSR count). The molecule has 2 unspecified atom stereocenters. The molecule has 0 spiro atoms. The second-order valence-electron chi connectivity index (χ2n) is 6.42. The second kappa shape index (κ2) is 7.33. The molecule has 0 aliphatic carbocycles. The van der Waals surface area contributed by atoms with E-state index in [-0.39, 0.29) is 24.4 Å². The first-order valence-electron chi connectivity index (χ1n) is 7.93.